The fourth-order valence-corrected chi connectivity index (χ4v) is 2.78. The molecule has 2 aromatic rings. The van der Waals surface area contributed by atoms with Crippen LogP contribution < -0.4 is 15.8 Å². The summed E-state index contributed by atoms with van der Waals surface area (Å²) in [5.41, 5.74) is 8.57. The van der Waals surface area contributed by atoms with Crippen LogP contribution in [0.5, 0.6) is 11.5 Å². The average molecular weight is 356 g/mol. The number of carbonyl (C=O) groups is 1. The molecule has 4 N–H and O–H groups in total. The zero-order valence-corrected chi connectivity index (χ0v) is 15.3. The highest BCUT2D eigenvalue weighted by atomic mass is 16.5. The number of aromatic hydroxyl groups is 1. The van der Waals surface area contributed by atoms with Crippen LogP contribution in [0, 0.1) is 0 Å². The molecular weight excluding hydrogens is 328 g/mol. The SMILES string of the molecule is CCc1cccc(CCCNCCOc2ccc(CC(N)=O)cc2O)c1. The Balaban J connectivity index is 1.62. The number of hydrogen-bond acceptors (Lipinski definition) is 4. The molecule has 0 fully saturated rings. The summed E-state index contributed by atoms with van der Waals surface area (Å²) in [5.74, 6) is 0.0136. The normalized spacial score (nSPS) is 10.7. The number of amides is 1. The van der Waals surface area contributed by atoms with Crippen molar-refractivity contribution in [1.29, 1.82) is 0 Å². The van der Waals surface area contributed by atoms with Crippen molar-refractivity contribution < 1.29 is 14.6 Å². The highest BCUT2D eigenvalue weighted by molar-refractivity contribution is 5.76. The van der Waals surface area contributed by atoms with E-state index in [0.717, 1.165) is 25.8 Å². The van der Waals surface area contributed by atoms with Gasteiger partial charge in [0, 0.05) is 6.54 Å². The smallest absolute Gasteiger partial charge is 0.221 e. The molecule has 0 saturated heterocycles. The summed E-state index contributed by atoms with van der Waals surface area (Å²) in [4.78, 5) is 10.9. The van der Waals surface area contributed by atoms with E-state index in [0.29, 0.717) is 24.5 Å². The molecule has 0 aromatic heterocycles. The Kier molecular flexibility index (Phi) is 7.96. The molecule has 0 unspecified atom stereocenters. The van der Waals surface area contributed by atoms with Crippen LogP contribution in [0.3, 0.4) is 0 Å². The number of rotatable bonds is 11. The van der Waals surface area contributed by atoms with Gasteiger partial charge in [-0.1, -0.05) is 37.3 Å². The van der Waals surface area contributed by atoms with Crippen molar-refractivity contribution in [3.05, 3.63) is 59.2 Å². The minimum atomic E-state index is -0.427. The van der Waals surface area contributed by atoms with Crippen LogP contribution in [0.1, 0.15) is 30.0 Å². The van der Waals surface area contributed by atoms with Crippen molar-refractivity contribution in [3.63, 3.8) is 0 Å². The molecule has 140 valence electrons. The summed E-state index contributed by atoms with van der Waals surface area (Å²) >= 11 is 0. The second kappa shape index (κ2) is 10.5. The lowest BCUT2D eigenvalue weighted by Gasteiger charge is -2.10. The number of nitrogens with one attached hydrogen (secondary N) is 1. The first kappa shape index (κ1) is 19.8. The predicted molar refractivity (Wildman–Crippen MR) is 104 cm³/mol. The molecular formula is C21H28N2O3. The zero-order valence-electron chi connectivity index (χ0n) is 15.3. The number of phenols is 1. The molecule has 0 aliphatic rings. The van der Waals surface area contributed by atoms with E-state index in [2.05, 4.69) is 36.5 Å². The molecule has 1 amide bonds. The average Bonchev–Trinajstić information content (AvgIpc) is 2.62. The van der Waals surface area contributed by atoms with E-state index in [9.17, 15) is 9.90 Å². The van der Waals surface area contributed by atoms with Gasteiger partial charge in [0.25, 0.3) is 0 Å². The van der Waals surface area contributed by atoms with Gasteiger partial charge in [-0.2, -0.15) is 0 Å². The maximum Gasteiger partial charge on any atom is 0.221 e. The monoisotopic (exact) mass is 356 g/mol. The number of ether oxygens (including phenoxy) is 1. The Labute approximate surface area is 155 Å². The van der Waals surface area contributed by atoms with Crippen molar-refractivity contribution in [2.45, 2.75) is 32.6 Å². The Morgan fingerprint density at radius 2 is 1.92 bits per heavy atom. The Bertz CT molecular complexity index is 716. The number of nitrogens with two attached hydrogens (primary N) is 1. The van der Waals surface area contributed by atoms with Gasteiger partial charge in [-0.05, 0) is 54.6 Å². The van der Waals surface area contributed by atoms with Crippen LogP contribution in [0.4, 0.5) is 0 Å². The molecule has 0 radical (unpaired) electrons. The van der Waals surface area contributed by atoms with Gasteiger partial charge >= 0.3 is 0 Å². The summed E-state index contributed by atoms with van der Waals surface area (Å²) in [6, 6.07) is 13.6. The molecule has 0 heterocycles. The first-order valence-electron chi connectivity index (χ1n) is 9.10. The van der Waals surface area contributed by atoms with E-state index in [1.165, 1.54) is 17.2 Å². The van der Waals surface area contributed by atoms with Gasteiger partial charge in [-0.15, -0.1) is 0 Å². The fourth-order valence-electron chi connectivity index (χ4n) is 2.78. The summed E-state index contributed by atoms with van der Waals surface area (Å²) < 4.78 is 5.56. The van der Waals surface area contributed by atoms with Gasteiger partial charge < -0.3 is 20.9 Å². The van der Waals surface area contributed by atoms with Crippen molar-refractivity contribution in [1.82, 2.24) is 5.32 Å². The number of aryl methyl sites for hydroxylation is 2. The first-order chi connectivity index (χ1) is 12.6. The molecule has 0 spiro atoms. The fraction of sp³-hybridized carbons (Fsp3) is 0.381. The van der Waals surface area contributed by atoms with Crippen LogP contribution in [-0.4, -0.2) is 30.7 Å². The minimum absolute atomic E-state index is 0.0274. The van der Waals surface area contributed by atoms with E-state index >= 15 is 0 Å². The van der Waals surface area contributed by atoms with Crippen LogP contribution in [0.25, 0.3) is 0 Å². The predicted octanol–water partition coefficient (Wildman–Crippen LogP) is 2.58. The van der Waals surface area contributed by atoms with Crippen molar-refractivity contribution in [2.24, 2.45) is 5.73 Å². The third-order valence-corrected chi connectivity index (χ3v) is 4.16. The molecule has 0 atom stereocenters. The molecule has 2 aromatic carbocycles. The van der Waals surface area contributed by atoms with Gasteiger partial charge in [0.05, 0.1) is 6.42 Å². The standard InChI is InChI=1S/C21H28N2O3/c1-2-16-5-3-6-17(13-16)7-4-10-23-11-12-26-20-9-8-18(14-19(20)24)15-21(22)25/h3,5-6,8-9,13-14,23-24H,2,4,7,10-12,15H2,1H3,(H2,22,25). The summed E-state index contributed by atoms with van der Waals surface area (Å²) in [6.45, 7) is 4.26. The van der Waals surface area contributed by atoms with Crippen LogP contribution in [0.2, 0.25) is 0 Å². The van der Waals surface area contributed by atoms with E-state index in [1.54, 1.807) is 12.1 Å². The Morgan fingerprint density at radius 1 is 1.12 bits per heavy atom. The molecule has 0 aliphatic heterocycles. The number of carbonyl (C=O) groups excluding carboxylic acids is 1. The first-order valence-corrected chi connectivity index (χ1v) is 9.10. The Morgan fingerprint density at radius 3 is 2.65 bits per heavy atom. The minimum Gasteiger partial charge on any atom is -0.504 e. The van der Waals surface area contributed by atoms with E-state index < -0.39 is 5.91 Å². The second-order valence-corrected chi connectivity index (χ2v) is 6.32. The largest absolute Gasteiger partial charge is 0.504 e. The number of primary amides is 1. The maximum absolute atomic E-state index is 10.9. The lowest BCUT2D eigenvalue weighted by molar-refractivity contribution is -0.117. The molecule has 5 heteroatoms. The van der Waals surface area contributed by atoms with Crippen LogP contribution >= 0.6 is 0 Å². The van der Waals surface area contributed by atoms with E-state index in [4.69, 9.17) is 10.5 Å². The van der Waals surface area contributed by atoms with Crippen LogP contribution in [-0.2, 0) is 24.1 Å². The molecule has 2 rings (SSSR count). The van der Waals surface area contributed by atoms with Crippen LogP contribution in [0.15, 0.2) is 42.5 Å². The highest BCUT2D eigenvalue weighted by Gasteiger charge is 2.05. The lowest BCUT2D eigenvalue weighted by Crippen LogP contribution is -2.22. The highest BCUT2D eigenvalue weighted by Crippen LogP contribution is 2.26. The number of phenolic OH excluding ortho intramolecular Hbond substituents is 1. The molecule has 5 nitrogen and oxygen atoms in total. The summed E-state index contributed by atoms with van der Waals surface area (Å²) in [7, 11) is 0. The lowest BCUT2D eigenvalue weighted by atomic mass is 10.1. The summed E-state index contributed by atoms with van der Waals surface area (Å²) in [6.07, 6.45) is 3.31. The maximum atomic E-state index is 10.9. The van der Waals surface area contributed by atoms with Crippen molar-refractivity contribution in [3.8, 4) is 11.5 Å². The third-order valence-electron chi connectivity index (χ3n) is 4.16. The Hall–Kier alpha value is -2.53. The van der Waals surface area contributed by atoms with Gasteiger partial charge in [-0.3, -0.25) is 4.79 Å². The van der Waals surface area contributed by atoms with Gasteiger partial charge in [0.2, 0.25) is 5.91 Å². The van der Waals surface area contributed by atoms with Gasteiger partial charge in [0.1, 0.15) is 6.61 Å². The second-order valence-electron chi connectivity index (χ2n) is 6.32. The molecule has 0 bridgehead atoms. The van der Waals surface area contributed by atoms with Crippen molar-refractivity contribution >= 4 is 5.91 Å². The third kappa shape index (κ3) is 6.76. The van der Waals surface area contributed by atoms with Gasteiger partial charge in [0.15, 0.2) is 11.5 Å². The molecule has 26 heavy (non-hydrogen) atoms. The van der Waals surface area contributed by atoms with E-state index in [-0.39, 0.29) is 12.2 Å². The topological polar surface area (TPSA) is 84.6 Å². The van der Waals surface area contributed by atoms with Crippen molar-refractivity contribution in [2.75, 3.05) is 19.7 Å². The summed E-state index contributed by atoms with van der Waals surface area (Å²) in [5, 5.41) is 13.3. The quantitative estimate of drug-likeness (QED) is 0.540. The number of hydrogen-bond donors (Lipinski definition) is 3. The van der Waals surface area contributed by atoms with E-state index in [1.807, 2.05) is 0 Å². The van der Waals surface area contributed by atoms with Gasteiger partial charge in [-0.25, -0.2) is 0 Å². The molecule has 0 saturated carbocycles. The zero-order chi connectivity index (χ0) is 18.8. The number of benzene rings is 2. The molecule has 0 aliphatic carbocycles.